The van der Waals surface area contributed by atoms with Gasteiger partial charge in [0.15, 0.2) is 0 Å². The number of aliphatic hydroxyl groups excluding tert-OH is 1. The van der Waals surface area contributed by atoms with Crippen molar-refractivity contribution in [3.63, 3.8) is 0 Å². The first-order valence-electron chi connectivity index (χ1n) is 6.95. The van der Waals surface area contributed by atoms with E-state index in [4.69, 9.17) is 5.11 Å². The zero-order valence-corrected chi connectivity index (χ0v) is 12.1. The molecule has 20 heavy (non-hydrogen) atoms. The molecule has 0 spiro atoms. The Morgan fingerprint density at radius 3 is 3.20 bits per heavy atom. The number of piperidine rings is 1. The third-order valence-electron chi connectivity index (χ3n) is 3.82. The van der Waals surface area contributed by atoms with Crippen LogP contribution in [0.1, 0.15) is 31.4 Å². The van der Waals surface area contributed by atoms with Gasteiger partial charge in [-0.05, 0) is 25.8 Å². The zero-order valence-electron chi connectivity index (χ0n) is 11.2. The lowest BCUT2D eigenvalue weighted by molar-refractivity contribution is 0.111. The lowest BCUT2D eigenvalue weighted by Gasteiger charge is -2.35. The van der Waals surface area contributed by atoms with Crippen molar-refractivity contribution in [1.82, 2.24) is 19.5 Å². The Kier molecular flexibility index (Phi) is 4.09. The number of hydrogen-bond donors (Lipinski definition) is 1. The first-order valence-corrected chi connectivity index (χ1v) is 7.83. The van der Waals surface area contributed by atoms with E-state index in [1.165, 1.54) is 28.7 Å². The summed E-state index contributed by atoms with van der Waals surface area (Å²) in [6, 6.07) is 1.97. The molecular formula is C13H18N4O2S. The summed E-state index contributed by atoms with van der Waals surface area (Å²) in [4.78, 5) is 19.4. The maximum Gasteiger partial charge on any atom is 0.275 e. The van der Waals surface area contributed by atoms with E-state index in [2.05, 4.69) is 15.0 Å². The van der Waals surface area contributed by atoms with Crippen LogP contribution in [0.2, 0.25) is 0 Å². The Balaban J connectivity index is 1.82. The Morgan fingerprint density at radius 1 is 1.45 bits per heavy atom. The fourth-order valence-electron chi connectivity index (χ4n) is 2.83. The quantitative estimate of drug-likeness (QED) is 0.906. The molecule has 3 rings (SSSR count). The molecule has 1 aliphatic heterocycles. The van der Waals surface area contributed by atoms with Gasteiger partial charge in [-0.3, -0.25) is 9.69 Å². The van der Waals surface area contributed by atoms with Gasteiger partial charge >= 0.3 is 0 Å². The highest BCUT2D eigenvalue weighted by molar-refractivity contribution is 7.14. The van der Waals surface area contributed by atoms with Crippen LogP contribution in [0.15, 0.2) is 16.4 Å². The van der Waals surface area contributed by atoms with Gasteiger partial charge in [-0.15, -0.1) is 0 Å². The number of fused-ring (bicyclic) bond motifs is 1. The average molecular weight is 294 g/mol. The van der Waals surface area contributed by atoms with Crippen molar-refractivity contribution in [2.45, 2.75) is 38.3 Å². The summed E-state index contributed by atoms with van der Waals surface area (Å²) in [6.07, 6.45) is 4.29. The molecule has 108 valence electrons. The third kappa shape index (κ3) is 2.74. The molecule has 1 aliphatic rings. The van der Waals surface area contributed by atoms with Crippen LogP contribution >= 0.6 is 11.3 Å². The van der Waals surface area contributed by atoms with Gasteiger partial charge in [0.05, 0.1) is 5.69 Å². The summed E-state index contributed by atoms with van der Waals surface area (Å²) in [5.41, 5.74) is 2.30. The van der Waals surface area contributed by atoms with Crippen LogP contribution in [0.5, 0.6) is 0 Å². The molecule has 0 amide bonds. The summed E-state index contributed by atoms with van der Waals surface area (Å²) in [6.45, 7) is 1.90. The van der Waals surface area contributed by atoms with Crippen molar-refractivity contribution in [1.29, 1.82) is 0 Å². The first kappa shape index (κ1) is 13.7. The van der Waals surface area contributed by atoms with Gasteiger partial charge < -0.3 is 5.11 Å². The largest absolute Gasteiger partial charge is 0.396 e. The van der Waals surface area contributed by atoms with Crippen molar-refractivity contribution >= 4 is 16.3 Å². The zero-order chi connectivity index (χ0) is 13.9. The SMILES string of the molecule is O=c1cc(CN2CCCCC2CCO)nc2scnn12. The summed E-state index contributed by atoms with van der Waals surface area (Å²) >= 11 is 1.37. The van der Waals surface area contributed by atoms with Gasteiger partial charge in [-0.25, -0.2) is 4.98 Å². The van der Waals surface area contributed by atoms with Crippen LogP contribution in [-0.2, 0) is 6.54 Å². The molecule has 3 heterocycles. The normalized spacial score (nSPS) is 20.6. The van der Waals surface area contributed by atoms with Crippen LogP contribution in [0.25, 0.3) is 4.96 Å². The van der Waals surface area contributed by atoms with Crippen LogP contribution in [-0.4, -0.2) is 43.8 Å². The molecule has 1 saturated heterocycles. The van der Waals surface area contributed by atoms with Crippen molar-refractivity contribution in [2.24, 2.45) is 0 Å². The lowest BCUT2D eigenvalue weighted by Crippen LogP contribution is -2.39. The second kappa shape index (κ2) is 5.99. The monoisotopic (exact) mass is 294 g/mol. The molecule has 2 aromatic rings. The predicted molar refractivity (Wildman–Crippen MR) is 76.9 cm³/mol. The molecular weight excluding hydrogens is 276 g/mol. The average Bonchev–Trinajstić information content (AvgIpc) is 2.90. The number of hydrogen-bond acceptors (Lipinski definition) is 6. The summed E-state index contributed by atoms with van der Waals surface area (Å²) in [7, 11) is 0. The molecule has 1 unspecified atom stereocenters. The van der Waals surface area contributed by atoms with Crippen LogP contribution < -0.4 is 5.56 Å². The van der Waals surface area contributed by atoms with E-state index in [1.807, 2.05) is 0 Å². The number of rotatable bonds is 4. The predicted octanol–water partition coefficient (Wildman–Crippen LogP) is 0.888. The molecule has 0 radical (unpaired) electrons. The second-order valence-electron chi connectivity index (χ2n) is 5.15. The van der Waals surface area contributed by atoms with Gasteiger partial charge in [-0.1, -0.05) is 17.8 Å². The molecule has 1 N–H and O–H groups in total. The van der Waals surface area contributed by atoms with Crippen molar-refractivity contribution in [2.75, 3.05) is 13.2 Å². The Morgan fingerprint density at radius 2 is 2.35 bits per heavy atom. The Hall–Kier alpha value is -1.31. The number of aromatic nitrogens is 3. The van der Waals surface area contributed by atoms with Gasteiger partial charge in [0, 0.05) is 25.3 Å². The molecule has 6 nitrogen and oxygen atoms in total. The summed E-state index contributed by atoms with van der Waals surface area (Å²) < 4.78 is 1.33. The van der Waals surface area contributed by atoms with Crippen molar-refractivity contribution in [3.8, 4) is 0 Å². The number of aliphatic hydroxyl groups is 1. The van der Waals surface area contributed by atoms with Gasteiger partial charge in [0.2, 0.25) is 4.96 Å². The van der Waals surface area contributed by atoms with Crippen LogP contribution in [0, 0.1) is 0 Å². The summed E-state index contributed by atoms with van der Waals surface area (Å²) in [5, 5.41) is 13.1. The molecule has 0 bridgehead atoms. The number of likely N-dealkylation sites (tertiary alicyclic amines) is 1. The highest BCUT2D eigenvalue weighted by Crippen LogP contribution is 2.21. The van der Waals surface area contributed by atoms with Crippen molar-refractivity contribution < 1.29 is 5.11 Å². The van der Waals surface area contributed by atoms with Crippen molar-refractivity contribution in [3.05, 3.63) is 27.6 Å². The highest BCUT2D eigenvalue weighted by atomic mass is 32.1. The van der Waals surface area contributed by atoms with Gasteiger partial charge in [0.25, 0.3) is 5.56 Å². The van der Waals surface area contributed by atoms with Crippen LogP contribution in [0.4, 0.5) is 0 Å². The molecule has 1 atom stereocenters. The van der Waals surface area contributed by atoms with E-state index in [-0.39, 0.29) is 12.2 Å². The third-order valence-corrected chi connectivity index (χ3v) is 4.49. The fraction of sp³-hybridized carbons (Fsp3) is 0.615. The molecule has 2 aromatic heterocycles. The Labute approximate surface area is 120 Å². The second-order valence-corrected chi connectivity index (χ2v) is 5.96. The minimum Gasteiger partial charge on any atom is -0.396 e. The number of nitrogens with zero attached hydrogens (tertiary/aromatic N) is 4. The van der Waals surface area contributed by atoms with Gasteiger partial charge in [0.1, 0.15) is 5.51 Å². The minimum absolute atomic E-state index is 0.123. The molecule has 0 saturated carbocycles. The molecule has 7 heteroatoms. The highest BCUT2D eigenvalue weighted by Gasteiger charge is 2.22. The maximum atomic E-state index is 11.9. The first-order chi connectivity index (χ1) is 9.78. The standard InChI is InChI=1S/C13H18N4O2S/c18-6-4-11-3-1-2-5-16(11)8-10-7-12(19)17-13(15-10)20-9-14-17/h7,9,11,18H,1-6,8H2. The molecule has 0 aliphatic carbocycles. The Bertz CT molecular complexity index is 637. The minimum atomic E-state index is -0.123. The van der Waals surface area contributed by atoms with E-state index >= 15 is 0 Å². The van der Waals surface area contributed by atoms with E-state index in [0.29, 0.717) is 17.5 Å². The topological polar surface area (TPSA) is 70.7 Å². The molecule has 0 aromatic carbocycles. The van der Waals surface area contributed by atoms with Gasteiger partial charge in [-0.2, -0.15) is 9.61 Å². The van der Waals surface area contributed by atoms with E-state index < -0.39 is 0 Å². The maximum absolute atomic E-state index is 11.9. The smallest absolute Gasteiger partial charge is 0.275 e. The van der Waals surface area contributed by atoms with E-state index in [0.717, 1.165) is 25.1 Å². The molecule has 1 fully saturated rings. The lowest BCUT2D eigenvalue weighted by atomic mass is 9.99. The summed E-state index contributed by atoms with van der Waals surface area (Å²) in [5.74, 6) is 0. The van der Waals surface area contributed by atoms with Crippen LogP contribution in [0.3, 0.4) is 0 Å². The van der Waals surface area contributed by atoms with E-state index in [9.17, 15) is 4.79 Å². The fourth-order valence-corrected chi connectivity index (χ4v) is 3.48. The van der Waals surface area contributed by atoms with E-state index in [1.54, 1.807) is 11.6 Å².